The molecule has 9 nitrogen and oxygen atoms in total. The number of anilines is 1. The Labute approximate surface area is 191 Å². The van der Waals surface area contributed by atoms with Gasteiger partial charge in [-0.15, -0.1) is 0 Å². The summed E-state index contributed by atoms with van der Waals surface area (Å²) in [6.45, 7) is 1.45. The molecule has 1 unspecified atom stereocenters. The van der Waals surface area contributed by atoms with Crippen LogP contribution in [-0.2, 0) is 0 Å². The molecule has 0 bridgehead atoms. The topological polar surface area (TPSA) is 129 Å². The standard InChI is InChI=1S/C21H21F4N7O2/c1-20(2,34)16(22)11-30-19(33)14-10-28-17(6-15(14)27-4-3-21(23,24)25)32-18-13(9-31-32)5-12(7-26)8-29-18/h5-6,8-10,16,34H,3-4,11H2,1-2H3,(H,27,28)(H,30,33). The predicted molar refractivity (Wildman–Crippen MR) is 114 cm³/mol. The molecule has 34 heavy (non-hydrogen) atoms. The van der Waals surface area contributed by atoms with Crippen LogP contribution in [0.3, 0.4) is 0 Å². The number of pyridine rings is 2. The fourth-order valence-corrected chi connectivity index (χ4v) is 2.90. The van der Waals surface area contributed by atoms with E-state index in [0.717, 1.165) is 6.20 Å². The van der Waals surface area contributed by atoms with E-state index in [9.17, 15) is 27.5 Å². The van der Waals surface area contributed by atoms with Gasteiger partial charge in [0.15, 0.2) is 11.5 Å². The minimum atomic E-state index is -4.42. The van der Waals surface area contributed by atoms with E-state index in [4.69, 9.17) is 5.26 Å². The third-order valence-electron chi connectivity index (χ3n) is 4.82. The Bertz CT molecular complexity index is 1230. The van der Waals surface area contributed by atoms with E-state index in [-0.39, 0.29) is 17.1 Å². The van der Waals surface area contributed by atoms with Gasteiger partial charge in [-0.2, -0.15) is 28.2 Å². The van der Waals surface area contributed by atoms with E-state index in [0.29, 0.717) is 16.6 Å². The molecule has 0 saturated carbocycles. The molecule has 180 valence electrons. The number of hydrogen-bond acceptors (Lipinski definition) is 7. The van der Waals surface area contributed by atoms with Crippen molar-refractivity contribution >= 4 is 22.6 Å². The third-order valence-corrected chi connectivity index (χ3v) is 4.82. The number of nitriles is 1. The van der Waals surface area contributed by atoms with E-state index >= 15 is 0 Å². The second-order valence-corrected chi connectivity index (χ2v) is 8.02. The van der Waals surface area contributed by atoms with Gasteiger partial charge in [0, 0.05) is 30.4 Å². The molecular formula is C21H21F4N7O2. The van der Waals surface area contributed by atoms with Crippen LogP contribution in [0, 0.1) is 11.3 Å². The molecule has 1 atom stereocenters. The van der Waals surface area contributed by atoms with E-state index < -0.39 is 43.4 Å². The fourth-order valence-electron chi connectivity index (χ4n) is 2.90. The maximum absolute atomic E-state index is 14.0. The zero-order valence-electron chi connectivity index (χ0n) is 18.2. The van der Waals surface area contributed by atoms with Gasteiger partial charge in [-0.05, 0) is 19.9 Å². The molecule has 3 aromatic heterocycles. The molecule has 3 rings (SSSR count). The molecular weight excluding hydrogens is 458 g/mol. The summed E-state index contributed by atoms with van der Waals surface area (Å²) in [5.74, 6) is -0.638. The summed E-state index contributed by atoms with van der Waals surface area (Å²) in [6.07, 6.45) is -3.44. The summed E-state index contributed by atoms with van der Waals surface area (Å²) < 4.78 is 53.2. The van der Waals surface area contributed by atoms with Crippen molar-refractivity contribution in [3.8, 4) is 11.9 Å². The smallest absolute Gasteiger partial charge is 0.387 e. The lowest BCUT2D eigenvalue weighted by Gasteiger charge is -2.22. The minimum absolute atomic E-state index is 0.0164. The van der Waals surface area contributed by atoms with Crippen LogP contribution in [0.1, 0.15) is 36.2 Å². The lowest BCUT2D eigenvalue weighted by molar-refractivity contribution is -0.131. The van der Waals surface area contributed by atoms with Crippen LogP contribution < -0.4 is 10.6 Å². The number of nitrogens with zero attached hydrogens (tertiary/aromatic N) is 5. The van der Waals surface area contributed by atoms with Crippen molar-refractivity contribution in [2.45, 2.75) is 38.2 Å². The van der Waals surface area contributed by atoms with Gasteiger partial charge in [0.1, 0.15) is 12.2 Å². The maximum Gasteiger partial charge on any atom is 0.390 e. The molecule has 3 N–H and O–H groups in total. The van der Waals surface area contributed by atoms with Crippen molar-refractivity contribution in [3.05, 3.63) is 41.9 Å². The van der Waals surface area contributed by atoms with Crippen LogP contribution in [0.5, 0.6) is 0 Å². The number of carbonyl (C=O) groups is 1. The minimum Gasteiger partial charge on any atom is -0.387 e. The summed E-state index contributed by atoms with van der Waals surface area (Å²) >= 11 is 0. The molecule has 0 aliphatic heterocycles. The first kappa shape index (κ1) is 24.8. The Morgan fingerprint density at radius 3 is 2.62 bits per heavy atom. The van der Waals surface area contributed by atoms with E-state index in [1.165, 1.54) is 37.0 Å². The number of hydrogen-bond donors (Lipinski definition) is 3. The highest BCUT2D eigenvalue weighted by Crippen LogP contribution is 2.24. The molecule has 13 heteroatoms. The summed E-state index contributed by atoms with van der Waals surface area (Å²) in [6, 6.07) is 4.84. The number of halogens is 4. The Morgan fingerprint density at radius 2 is 1.97 bits per heavy atom. The van der Waals surface area contributed by atoms with Gasteiger partial charge < -0.3 is 15.7 Å². The molecule has 0 aliphatic carbocycles. The van der Waals surface area contributed by atoms with E-state index in [2.05, 4.69) is 25.7 Å². The molecule has 3 heterocycles. The van der Waals surface area contributed by atoms with Gasteiger partial charge in [-0.1, -0.05) is 0 Å². The highest BCUT2D eigenvalue weighted by molar-refractivity contribution is 5.99. The zero-order chi connectivity index (χ0) is 25.1. The second kappa shape index (κ2) is 9.60. The summed E-state index contributed by atoms with van der Waals surface area (Å²) in [5, 5.41) is 28.3. The molecule has 0 saturated heterocycles. The third kappa shape index (κ3) is 5.96. The molecule has 0 aliphatic rings. The SMILES string of the molecule is CC(C)(O)C(F)CNC(=O)c1cnc(-n2ncc3cc(C#N)cnc32)cc1NCCC(F)(F)F. The first-order chi connectivity index (χ1) is 15.9. The first-order valence-electron chi connectivity index (χ1n) is 10.1. The van der Waals surface area contributed by atoms with Crippen molar-refractivity contribution < 1.29 is 27.5 Å². The highest BCUT2D eigenvalue weighted by atomic mass is 19.4. The van der Waals surface area contributed by atoms with Crippen LogP contribution in [0.25, 0.3) is 16.9 Å². The van der Waals surface area contributed by atoms with Gasteiger partial charge >= 0.3 is 6.18 Å². The second-order valence-electron chi connectivity index (χ2n) is 8.02. The van der Waals surface area contributed by atoms with Crippen LogP contribution in [0.2, 0.25) is 0 Å². The quantitative estimate of drug-likeness (QED) is 0.424. The summed E-state index contributed by atoms with van der Waals surface area (Å²) in [4.78, 5) is 20.9. The number of carbonyl (C=O) groups excluding carboxylic acids is 1. The van der Waals surface area contributed by atoms with Crippen LogP contribution >= 0.6 is 0 Å². The number of fused-ring (bicyclic) bond motifs is 1. The van der Waals surface area contributed by atoms with Crippen LogP contribution in [0.4, 0.5) is 23.2 Å². The molecule has 0 fully saturated rings. The van der Waals surface area contributed by atoms with Crippen LogP contribution in [0.15, 0.2) is 30.7 Å². The van der Waals surface area contributed by atoms with Crippen molar-refractivity contribution in [2.24, 2.45) is 0 Å². The first-order valence-corrected chi connectivity index (χ1v) is 10.1. The molecule has 3 aromatic rings. The van der Waals surface area contributed by atoms with Crippen molar-refractivity contribution in [1.82, 2.24) is 25.1 Å². The largest absolute Gasteiger partial charge is 0.390 e. The van der Waals surface area contributed by atoms with Crippen molar-refractivity contribution in [2.75, 3.05) is 18.4 Å². The number of nitrogens with one attached hydrogen (secondary N) is 2. The Morgan fingerprint density at radius 1 is 1.24 bits per heavy atom. The van der Waals surface area contributed by atoms with Gasteiger partial charge in [0.05, 0.1) is 41.6 Å². The summed E-state index contributed by atoms with van der Waals surface area (Å²) in [5.41, 5.74) is -1.13. The number of alkyl halides is 4. The Balaban J connectivity index is 1.92. The monoisotopic (exact) mass is 479 g/mol. The van der Waals surface area contributed by atoms with Gasteiger partial charge in [0.2, 0.25) is 0 Å². The average molecular weight is 479 g/mol. The van der Waals surface area contributed by atoms with Crippen molar-refractivity contribution in [3.63, 3.8) is 0 Å². The highest BCUT2D eigenvalue weighted by Gasteiger charge is 2.28. The lowest BCUT2D eigenvalue weighted by Crippen LogP contribution is -2.42. The van der Waals surface area contributed by atoms with Gasteiger partial charge in [-0.3, -0.25) is 4.79 Å². The zero-order valence-corrected chi connectivity index (χ0v) is 18.2. The van der Waals surface area contributed by atoms with Crippen molar-refractivity contribution in [1.29, 1.82) is 5.26 Å². The molecule has 0 spiro atoms. The van der Waals surface area contributed by atoms with E-state index in [1.807, 2.05) is 6.07 Å². The van der Waals surface area contributed by atoms with Gasteiger partial charge in [0.25, 0.3) is 5.91 Å². The predicted octanol–water partition coefficient (Wildman–Crippen LogP) is 2.89. The number of aromatic nitrogens is 4. The Kier molecular flexibility index (Phi) is 7.01. The fraction of sp³-hybridized carbons (Fsp3) is 0.381. The maximum atomic E-state index is 14.0. The number of aliphatic hydroxyl groups is 1. The lowest BCUT2D eigenvalue weighted by atomic mass is 10.0. The molecule has 0 radical (unpaired) electrons. The normalized spacial score (nSPS) is 12.9. The molecule has 1 amide bonds. The van der Waals surface area contributed by atoms with Gasteiger partial charge in [-0.25, -0.2) is 14.4 Å². The molecule has 0 aromatic carbocycles. The van der Waals surface area contributed by atoms with E-state index in [1.54, 1.807) is 6.07 Å². The Hall–Kier alpha value is -3.79. The number of rotatable bonds is 8. The average Bonchev–Trinajstić information content (AvgIpc) is 3.18. The number of amides is 1. The van der Waals surface area contributed by atoms with Crippen LogP contribution in [-0.4, -0.2) is 61.8 Å². The summed E-state index contributed by atoms with van der Waals surface area (Å²) in [7, 11) is 0.